The van der Waals surface area contributed by atoms with Crippen LogP contribution in [-0.2, 0) is 14.3 Å². The van der Waals surface area contributed by atoms with Gasteiger partial charge in [-0.2, -0.15) is 11.3 Å². The molecule has 5 nitrogen and oxygen atoms in total. The molecule has 1 aromatic heterocycles. The van der Waals surface area contributed by atoms with Crippen LogP contribution >= 0.6 is 23.7 Å². The normalized spacial score (nSPS) is 25.2. The molecule has 1 unspecified atom stereocenters. The highest BCUT2D eigenvalue weighted by molar-refractivity contribution is 7.07. The summed E-state index contributed by atoms with van der Waals surface area (Å²) in [6, 6.07) is 2.05. The molecular formula is C14H21ClN2O3S. The predicted octanol–water partition coefficient (Wildman–Crippen LogP) is 1.58. The Labute approximate surface area is 134 Å². The molecule has 0 saturated carbocycles. The first-order chi connectivity index (χ1) is 9.69. The van der Waals surface area contributed by atoms with E-state index >= 15 is 0 Å². The lowest BCUT2D eigenvalue weighted by molar-refractivity contribution is -0.148. The molecule has 2 aliphatic rings. The number of carbonyl (C=O) groups is 1. The third-order valence-corrected chi connectivity index (χ3v) is 4.78. The van der Waals surface area contributed by atoms with Gasteiger partial charge in [0.2, 0.25) is 5.91 Å². The van der Waals surface area contributed by atoms with Gasteiger partial charge in [0, 0.05) is 19.8 Å². The molecule has 0 bridgehead atoms. The van der Waals surface area contributed by atoms with Crippen molar-refractivity contribution in [1.29, 1.82) is 0 Å². The van der Waals surface area contributed by atoms with E-state index in [0.29, 0.717) is 45.8 Å². The average Bonchev–Trinajstić information content (AvgIpc) is 3.02. The number of morpholine rings is 1. The Kier molecular flexibility index (Phi) is 5.62. The molecule has 7 heteroatoms. The topological polar surface area (TPSA) is 64.8 Å². The van der Waals surface area contributed by atoms with Gasteiger partial charge in [0.15, 0.2) is 0 Å². The van der Waals surface area contributed by atoms with Gasteiger partial charge in [-0.15, -0.1) is 12.4 Å². The molecule has 0 aromatic carbocycles. The van der Waals surface area contributed by atoms with E-state index in [-0.39, 0.29) is 24.4 Å². The molecule has 3 rings (SSSR count). The summed E-state index contributed by atoms with van der Waals surface area (Å²) in [6.07, 6.45) is 1.18. The second-order valence-electron chi connectivity index (χ2n) is 5.44. The molecule has 2 aliphatic heterocycles. The molecule has 2 fully saturated rings. The molecule has 0 spiro atoms. The van der Waals surface area contributed by atoms with Crippen LogP contribution in [0.5, 0.6) is 0 Å². The zero-order valence-corrected chi connectivity index (χ0v) is 13.5. The number of rotatable bonds is 2. The Morgan fingerprint density at radius 1 is 1.38 bits per heavy atom. The van der Waals surface area contributed by atoms with Gasteiger partial charge in [0.1, 0.15) is 6.10 Å². The summed E-state index contributed by atoms with van der Waals surface area (Å²) < 4.78 is 11.1. The number of hydrogen-bond donors (Lipinski definition) is 1. The highest BCUT2D eigenvalue weighted by atomic mass is 35.5. The van der Waals surface area contributed by atoms with Crippen LogP contribution in [0.25, 0.3) is 0 Å². The number of ether oxygens (including phenoxy) is 2. The molecule has 0 radical (unpaired) electrons. The maximum Gasteiger partial charge on any atom is 0.243 e. The summed E-state index contributed by atoms with van der Waals surface area (Å²) in [4.78, 5) is 14.5. The van der Waals surface area contributed by atoms with Gasteiger partial charge < -0.3 is 20.1 Å². The summed E-state index contributed by atoms with van der Waals surface area (Å²) >= 11 is 1.65. The lowest BCUT2D eigenvalue weighted by atomic mass is 9.89. The minimum atomic E-state index is -0.755. The van der Waals surface area contributed by atoms with Gasteiger partial charge >= 0.3 is 0 Å². The summed E-state index contributed by atoms with van der Waals surface area (Å²) in [5.74, 6) is 0.0457. The smallest absolute Gasteiger partial charge is 0.243 e. The quantitative estimate of drug-likeness (QED) is 0.893. The van der Waals surface area contributed by atoms with Crippen molar-refractivity contribution in [2.45, 2.75) is 24.5 Å². The van der Waals surface area contributed by atoms with Crippen molar-refractivity contribution < 1.29 is 14.3 Å². The average molecular weight is 333 g/mol. The van der Waals surface area contributed by atoms with E-state index in [1.54, 1.807) is 11.3 Å². The first-order valence-electron chi connectivity index (χ1n) is 6.99. The Bertz CT molecular complexity index is 463. The van der Waals surface area contributed by atoms with Gasteiger partial charge in [-0.05, 0) is 35.2 Å². The van der Waals surface area contributed by atoms with E-state index in [1.807, 2.05) is 10.3 Å². The van der Waals surface area contributed by atoms with E-state index in [4.69, 9.17) is 15.2 Å². The Morgan fingerprint density at radius 3 is 2.81 bits per heavy atom. The lowest BCUT2D eigenvalue weighted by Gasteiger charge is -2.40. The van der Waals surface area contributed by atoms with Gasteiger partial charge in [-0.25, -0.2) is 0 Å². The highest BCUT2D eigenvalue weighted by Crippen LogP contribution is 2.27. The molecule has 118 valence electrons. The van der Waals surface area contributed by atoms with E-state index in [9.17, 15) is 4.79 Å². The van der Waals surface area contributed by atoms with Crippen molar-refractivity contribution in [3.8, 4) is 0 Å². The summed E-state index contributed by atoms with van der Waals surface area (Å²) in [5.41, 5.74) is 6.68. The van der Waals surface area contributed by atoms with Crippen LogP contribution in [0.2, 0.25) is 0 Å². The van der Waals surface area contributed by atoms with Crippen molar-refractivity contribution in [2.24, 2.45) is 5.73 Å². The highest BCUT2D eigenvalue weighted by Gasteiger charge is 2.40. The third kappa shape index (κ3) is 3.57. The maximum absolute atomic E-state index is 12.7. The fourth-order valence-electron chi connectivity index (χ4n) is 2.76. The minimum absolute atomic E-state index is 0. The first-order valence-corrected chi connectivity index (χ1v) is 7.93. The van der Waals surface area contributed by atoms with Gasteiger partial charge in [-0.1, -0.05) is 0 Å². The summed E-state index contributed by atoms with van der Waals surface area (Å²) in [6.45, 7) is 2.93. The molecule has 1 amide bonds. The molecule has 0 aliphatic carbocycles. The number of nitrogens with two attached hydrogens (primary N) is 1. The molecule has 1 aromatic rings. The van der Waals surface area contributed by atoms with Crippen molar-refractivity contribution in [3.63, 3.8) is 0 Å². The van der Waals surface area contributed by atoms with E-state index in [0.717, 1.165) is 5.56 Å². The Morgan fingerprint density at radius 2 is 2.14 bits per heavy atom. The lowest BCUT2D eigenvalue weighted by Crippen LogP contribution is -2.60. The van der Waals surface area contributed by atoms with Gasteiger partial charge in [0.05, 0.1) is 18.7 Å². The second kappa shape index (κ2) is 7.07. The minimum Gasteiger partial charge on any atom is -0.381 e. The number of amides is 1. The van der Waals surface area contributed by atoms with Crippen LogP contribution in [0.15, 0.2) is 16.8 Å². The number of carbonyl (C=O) groups excluding carboxylic acids is 1. The van der Waals surface area contributed by atoms with Crippen LogP contribution < -0.4 is 5.73 Å². The largest absolute Gasteiger partial charge is 0.381 e. The third-order valence-electron chi connectivity index (χ3n) is 4.08. The Hall–Kier alpha value is -0.660. The van der Waals surface area contributed by atoms with Crippen LogP contribution in [-0.4, -0.2) is 49.3 Å². The number of nitrogens with zero attached hydrogens (tertiary/aromatic N) is 1. The van der Waals surface area contributed by atoms with E-state index < -0.39 is 5.54 Å². The molecule has 3 heterocycles. The fraction of sp³-hybridized carbons (Fsp3) is 0.643. The monoisotopic (exact) mass is 332 g/mol. The zero-order valence-electron chi connectivity index (χ0n) is 11.8. The summed E-state index contributed by atoms with van der Waals surface area (Å²) in [7, 11) is 0. The van der Waals surface area contributed by atoms with E-state index in [2.05, 4.69) is 11.4 Å². The number of halogens is 1. The van der Waals surface area contributed by atoms with Crippen molar-refractivity contribution in [2.75, 3.05) is 32.9 Å². The Balaban J connectivity index is 0.00000161. The SMILES string of the molecule is Cl.NC1(C(=O)N2CCOC(c3ccsc3)C2)CCOCC1. The van der Waals surface area contributed by atoms with Crippen molar-refractivity contribution in [3.05, 3.63) is 22.4 Å². The maximum atomic E-state index is 12.7. The van der Waals surface area contributed by atoms with Crippen molar-refractivity contribution in [1.82, 2.24) is 4.90 Å². The molecule has 21 heavy (non-hydrogen) atoms. The van der Waals surface area contributed by atoms with E-state index in [1.165, 1.54) is 0 Å². The predicted molar refractivity (Wildman–Crippen MR) is 83.8 cm³/mol. The van der Waals surface area contributed by atoms with Crippen molar-refractivity contribution >= 4 is 29.7 Å². The van der Waals surface area contributed by atoms with Gasteiger partial charge in [0.25, 0.3) is 0 Å². The number of hydrogen-bond acceptors (Lipinski definition) is 5. The van der Waals surface area contributed by atoms with Crippen LogP contribution in [0.4, 0.5) is 0 Å². The fourth-order valence-corrected chi connectivity index (χ4v) is 3.46. The molecule has 1 atom stereocenters. The zero-order chi connectivity index (χ0) is 14.0. The number of thiophene rings is 1. The standard InChI is InChI=1S/C14H20N2O3S.ClH/c15-14(2-5-18-6-3-14)13(17)16-4-7-19-12(9-16)11-1-8-20-10-11;/h1,8,10,12H,2-7,9,15H2;1H. The van der Waals surface area contributed by atoms with Gasteiger partial charge in [-0.3, -0.25) is 4.79 Å². The molecule has 2 N–H and O–H groups in total. The first kappa shape index (κ1) is 16.7. The van der Waals surface area contributed by atoms with Crippen LogP contribution in [0.1, 0.15) is 24.5 Å². The molecule has 2 saturated heterocycles. The molecular weight excluding hydrogens is 312 g/mol. The second-order valence-corrected chi connectivity index (χ2v) is 6.22. The van der Waals surface area contributed by atoms with Crippen LogP contribution in [0, 0.1) is 0 Å². The van der Waals surface area contributed by atoms with Crippen LogP contribution in [0.3, 0.4) is 0 Å². The summed E-state index contributed by atoms with van der Waals surface area (Å²) in [5, 5.41) is 4.10.